The summed E-state index contributed by atoms with van der Waals surface area (Å²) >= 11 is 0. The van der Waals surface area contributed by atoms with Gasteiger partial charge >= 0.3 is 6.03 Å². The van der Waals surface area contributed by atoms with Gasteiger partial charge in [-0.3, -0.25) is 0 Å². The average Bonchev–Trinajstić information content (AvgIpc) is 2.36. The number of hydrogen-bond donors (Lipinski definition) is 3. The maximum absolute atomic E-state index is 11.4. The number of carbonyl (C=O) groups is 1. The summed E-state index contributed by atoms with van der Waals surface area (Å²) in [6.45, 7) is 5.94. The molecule has 0 bridgehead atoms. The Kier molecular flexibility index (Phi) is 6.15. The summed E-state index contributed by atoms with van der Waals surface area (Å²) in [6.07, 6.45) is -0.128. The predicted octanol–water partition coefficient (Wildman–Crippen LogP) is 1.44. The topological polar surface area (TPSA) is 70.6 Å². The molecule has 0 aliphatic rings. The number of rotatable bonds is 6. The largest absolute Gasteiger partial charge is 0.489 e. The van der Waals surface area contributed by atoms with Crippen molar-refractivity contribution in [2.75, 3.05) is 13.2 Å². The minimum atomic E-state index is -0.304. The highest BCUT2D eigenvalue weighted by atomic mass is 16.5. The van der Waals surface area contributed by atoms with E-state index in [-0.39, 0.29) is 24.8 Å². The van der Waals surface area contributed by atoms with Crippen LogP contribution in [0, 0.1) is 6.92 Å². The highest BCUT2D eigenvalue weighted by Gasteiger charge is 2.08. The maximum atomic E-state index is 11.4. The number of aliphatic hydroxyl groups is 1. The van der Waals surface area contributed by atoms with Crippen LogP contribution in [0.15, 0.2) is 24.3 Å². The van der Waals surface area contributed by atoms with Crippen molar-refractivity contribution in [3.8, 4) is 5.75 Å². The van der Waals surface area contributed by atoms with Gasteiger partial charge in [0.1, 0.15) is 11.9 Å². The van der Waals surface area contributed by atoms with Gasteiger partial charge in [-0.1, -0.05) is 12.1 Å². The fourth-order valence-electron chi connectivity index (χ4n) is 1.52. The van der Waals surface area contributed by atoms with Crippen LogP contribution in [0.4, 0.5) is 4.79 Å². The minimum Gasteiger partial charge on any atom is -0.489 e. The zero-order valence-corrected chi connectivity index (χ0v) is 11.6. The van der Waals surface area contributed by atoms with Gasteiger partial charge in [-0.25, -0.2) is 4.79 Å². The third kappa shape index (κ3) is 6.10. The van der Waals surface area contributed by atoms with Crippen LogP contribution in [0.25, 0.3) is 0 Å². The molecule has 5 heteroatoms. The standard InChI is InChI=1S/C14H22N2O3/c1-10-5-4-6-13(7-10)19-12(3)8-15-14(18)16-11(2)9-17/h4-7,11-12,17H,8-9H2,1-3H3,(H2,15,16,18). The second-order valence-electron chi connectivity index (χ2n) is 4.68. The molecule has 0 spiro atoms. The third-order valence-corrected chi connectivity index (χ3v) is 2.53. The molecule has 1 aromatic rings. The molecule has 2 atom stereocenters. The van der Waals surface area contributed by atoms with Crippen LogP contribution in [-0.2, 0) is 0 Å². The number of ether oxygens (including phenoxy) is 1. The van der Waals surface area contributed by atoms with Gasteiger partial charge in [0.25, 0.3) is 0 Å². The Morgan fingerprint density at radius 1 is 1.42 bits per heavy atom. The van der Waals surface area contributed by atoms with Crippen molar-refractivity contribution in [1.82, 2.24) is 10.6 Å². The van der Waals surface area contributed by atoms with Gasteiger partial charge in [-0.05, 0) is 38.5 Å². The van der Waals surface area contributed by atoms with E-state index in [2.05, 4.69) is 10.6 Å². The lowest BCUT2D eigenvalue weighted by atomic mass is 10.2. The van der Waals surface area contributed by atoms with Crippen LogP contribution in [-0.4, -0.2) is 36.4 Å². The first kappa shape index (κ1) is 15.3. The Morgan fingerprint density at radius 2 is 2.16 bits per heavy atom. The summed E-state index contributed by atoms with van der Waals surface area (Å²) in [5, 5.41) is 14.1. The molecule has 0 saturated heterocycles. The quantitative estimate of drug-likeness (QED) is 0.729. The van der Waals surface area contributed by atoms with E-state index in [0.29, 0.717) is 6.54 Å². The van der Waals surface area contributed by atoms with E-state index in [0.717, 1.165) is 11.3 Å². The smallest absolute Gasteiger partial charge is 0.315 e. The maximum Gasteiger partial charge on any atom is 0.315 e. The van der Waals surface area contributed by atoms with Crippen molar-refractivity contribution in [2.24, 2.45) is 0 Å². The first-order valence-electron chi connectivity index (χ1n) is 6.39. The third-order valence-electron chi connectivity index (χ3n) is 2.53. The zero-order valence-electron chi connectivity index (χ0n) is 11.6. The number of hydrogen-bond acceptors (Lipinski definition) is 3. The molecule has 1 aromatic carbocycles. The number of nitrogens with one attached hydrogen (secondary N) is 2. The highest BCUT2D eigenvalue weighted by Crippen LogP contribution is 2.13. The van der Waals surface area contributed by atoms with Crippen molar-refractivity contribution in [1.29, 1.82) is 0 Å². The predicted molar refractivity (Wildman–Crippen MR) is 74.4 cm³/mol. The minimum absolute atomic E-state index is 0.0806. The molecule has 3 N–H and O–H groups in total. The van der Waals surface area contributed by atoms with Crippen molar-refractivity contribution < 1.29 is 14.6 Å². The van der Waals surface area contributed by atoms with Gasteiger partial charge in [0.05, 0.1) is 19.2 Å². The van der Waals surface area contributed by atoms with E-state index >= 15 is 0 Å². The summed E-state index contributed by atoms with van der Waals surface area (Å²) in [7, 11) is 0. The van der Waals surface area contributed by atoms with Crippen molar-refractivity contribution in [3.05, 3.63) is 29.8 Å². The lowest BCUT2D eigenvalue weighted by Gasteiger charge is -2.17. The van der Waals surface area contributed by atoms with Crippen molar-refractivity contribution in [3.63, 3.8) is 0 Å². The number of aliphatic hydroxyl groups excluding tert-OH is 1. The second-order valence-corrected chi connectivity index (χ2v) is 4.68. The molecule has 19 heavy (non-hydrogen) atoms. The normalized spacial score (nSPS) is 13.5. The molecule has 0 radical (unpaired) electrons. The number of urea groups is 1. The molecule has 0 saturated carbocycles. The fourth-order valence-corrected chi connectivity index (χ4v) is 1.52. The van der Waals surface area contributed by atoms with E-state index in [1.807, 2.05) is 38.1 Å². The molecular weight excluding hydrogens is 244 g/mol. The molecule has 2 amide bonds. The van der Waals surface area contributed by atoms with Gasteiger partial charge in [0.15, 0.2) is 0 Å². The Morgan fingerprint density at radius 3 is 2.79 bits per heavy atom. The number of amides is 2. The van der Waals surface area contributed by atoms with Crippen LogP contribution in [0.3, 0.4) is 0 Å². The molecule has 0 aliphatic heterocycles. The lowest BCUT2D eigenvalue weighted by molar-refractivity contribution is 0.200. The summed E-state index contributed by atoms with van der Waals surface area (Å²) < 4.78 is 5.68. The van der Waals surface area contributed by atoms with Crippen LogP contribution in [0.2, 0.25) is 0 Å². The van der Waals surface area contributed by atoms with E-state index < -0.39 is 0 Å². The van der Waals surface area contributed by atoms with Gasteiger partial charge in [0.2, 0.25) is 0 Å². The Bertz CT molecular complexity index is 409. The van der Waals surface area contributed by atoms with Crippen LogP contribution >= 0.6 is 0 Å². The Balaban J connectivity index is 2.31. The fraction of sp³-hybridized carbons (Fsp3) is 0.500. The summed E-state index contributed by atoms with van der Waals surface area (Å²) in [6, 6.07) is 7.20. The Hall–Kier alpha value is -1.75. The first-order valence-corrected chi connectivity index (χ1v) is 6.39. The van der Waals surface area contributed by atoms with E-state index in [1.165, 1.54) is 0 Å². The van der Waals surface area contributed by atoms with Gasteiger partial charge in [-0.15, -0.1) is 0 Å². The molecule has 0 heterocycles. The molecular formula is C14H22N2O3. The lowest BCUT2D eigenvalue weighted by Crippen LogP contribution is -2.45. The average molecular weight is 266 g/mol. The molecule has 0 aliphatic carbocycles. The van der Waals surface area contributed by atoms with Crippen LogP contribution in [0.5, 0.6) is 5.75 Å². The molecule has 1 rings (SSSR count). The van der Waals surface area contributed by atoms with E-state index in [1.54, 1.807) is 6.92 Å². The van der Waals surface area contributed by atoms with Gasteiger partial charge in [-0.2, -0.15) is 0 Å². The van der Waals surface area contributed by atoms with Crippen molar-refractivity contribution in [2.45, 2.75) is 32.9 Å². The molecule has 5 nitrogen and oxygen atoms in total. The molecule has 2 unspecified atom stereocenters. The summed E-state index contributed by atoms with van der Waals surface area (Å²) in [5.41, 5.74) is 1.13. The Labute approximate surface area is 114 Å². The van der Waals surface area contributed by atoms with E-state index in [4.69, 9.17) is 9.84 Å². The molecule has 0 aromatic heterocycles. The summed E-state index contributed by atoms with van der Waals surface area (Å²) in [5.74, 6) is 0.790. The van der Waals surface area contributed by atoms with Gasteiger partial charge in [0, 0.05) is 0 Å². The summed E-state index contributed by atoms with van der Waals surface area (Å²) in [4.78, 5) is 11.4. The zero-order chi connectivity index (χ0) is 14.3. The van der Waals surface area contributed by atoms with Gasteiger partial charge < -0.3 is 20.5 Å². The number of benzene rings is 1. The van der Waals surface area contributed by atoms with Crippen molar-refractivity contribution >= 4 is 6.03 Å². The second kappa shape index (κ2) is 7.63. The SMILES string of the molecule is Cc1cccc(OC(C)CNC(=O)NC(C)CO)c1. The molecule has 106 valence electrons. The molecule has 0 fully saturated rings. The van der Waals surface area contributed by atoms with E-state index in [9.17, 15) is 4.79 Å². The first-order chi connectivity index (χ1) is 9.01. The van der Waals surface area contributed by atoms with Crippen LogP contribution < -0.4 is 15.4 Å². The number of aryl methyl sites for hydroxylation is 1. The monoisotopic (exact) mass is 266 g/mol. The van der Waals surface area contributed by atoms with Crippen LogP contribution in [0.1, 0.15) is 19.4 Å². The highest BCUT2D eigenvalue weighted by molar-refractivity contribution is 5.74. The number of carbonyl (C=O) groups excluding carboxylic acids is 1.